The minimum atomic E-state index is -0.480. The fourth-order valence-electron chi connectivity index (χ4n) is 2.72. The first-order valence-corrected chi connectivity index (χ1v) is 8.29. The van der Waals surface area contributed by atoms with Crippen LogP contribution in [0.1, 0.15) is 21.8 Å². The first-order chi connectivity index (χ1) is 11.1. The molecule has 2 N–H and O–H groups in total. The summed E-state index contributed by atoms with van der Waals surface area (Å²) in [6.45, 7) is 0. The highest BCUT2D eigenvalue weighted by molar-refractivity contribution is 8.04. The Balaban J connectivity index is 2.06. The van der Waals surface area contributed by atoms with Crippen molar-refractivity contribution < 1.29 is 4.79 Å². The number of carbonyl (C=O) groups excluding carboxylic acids is 1. The summed E-state index contributed by atoms with van der Waals surface area (Å²) in [7, 11) is 0. The summed E-state index contributed by atoms with van der Waals surface area (Å²) in [6.07, 6.45) is 0. The first-order valence-electron chi connectivity index (χ1n) is 7.03. The van der Waals surface area contributed by atoms with E-state index in [1.54, 1.807) is 18.2 Å². The minimum absolute atomic E-state index is 0.0475. The average molecular weight is 341 g/mol. The summed E-state index contributed by atoms with van der Waals surface area (Å²) in [6, 6.07) is 18.5. The molecule has 1 heterocycles. The van der Waals surface area contributed by atoms with E-state index in [1.165, 1.54) is 11.8 Å². The van der Waals surface area contributed by atoms with Gasteiger partial charge in [-0.25, -0.2) is 0 Å². The van der Waals surface area contributed by atoms with E-state index in [4.69, 9.17) is 17.3 Å². The van der Waals surface area contributed by atoms with E-state index in [0.717, 1.165) is 5.56 Å². The van der Waals surface area contributed by atoms with Crippen LogP contribution in [0.2, 0.25) is 5.02 Å². The van der Waals surface area contributed by atoms with Crippen molar-refractivity contribution >= 4 is 29.1 Å². The zero-order valence-corrected chi connectivity index (χ0v) is 13.6. The molecule has 3 rings (SSSR count). The lowest BCUT2D eigenvalue weighted by molar-refractivity contribution is 0.0985. The van der Waals surface area contributed by atoms with E-state index in [1.807, 2.05) is 36.4 Å². The molecule has 0 saturated heterocycles. The summed E-state index contributed by atoms with van der Waals surface area (Å²) >= 11 is 7.54. The SMILES string of the molecule is N#CC1=C(N)SC(C(=O)c2ccccc2)C1c1ccccc1Cl. The van der Waals surface area contributed by atoms with E-state index < -0.39 is 11.2 Å². The van der Waals surface area contributed by atoms with Crippen molar-refractivity contribution in [2.75, 3.05) is 0 Å². The van der Waals surface area contributed by atoms with Crippen LogP contribution in [0, 0.1) is 11.3 Å². The lowest BCUT2D eigenvalue weighted by Gasteiger charge is -2.20. The Bertz CT molecular complexity index is 826. The molecule has 0 spiro atoms. The molecule has 2 atom stereocenters. The van der Waals surface area contributed by atoms with Gasteiger partial charge in [-0.2, -0.15) is 5.26 Å². The highest BCUT2D eigenvalue weighted by Gasteiger charge is 2.41. The third kappa shape index (κ3) is 2.86. The number of hydrogen-bond acceptors (Lipinski definition) is 4. The van der Waals surface area contributed by atoms with Crippen LogP contribution in [-0.2, 0) is 0 Å². The zero-order valence-electron chi connectivity index (χ0n) is 12.1. The number of Topliss-reactive ketones (excluding diaryl/α,β-unsaturated/α-hetero) is 1. The number of carbonyl (C=O) groups is 1. The molecule has 2 aromatic carbocycles. The molecular weight excluding hydrogens is 328 g/mol. The Labute approximate surface area is 143 Å². The Morgan fingerprint density at radius 1 is 1.13 bits per heavy atom. The van der Waals surface area contributed by atoms with E-state index in [9.17, 15) is 10.1 Å². The fourth-order valence-corrected chi connectivity index (χ4v) is 4.20. The molecule has 5 heteroatoms. The zero-order chi connectivity index (χ0) is 16.4. The van der Waals surface area contributed by atoms with Gasteiger partial charge in [-0.15, -0.1) is 0 Å². The van der Waals surface area contributed by atoms with Crippen molar-refractivity contribution in [2.45, 2.75) is 11.2 Å². The number of hydrogen-bond donors (Lipinski definition) is 1. The topological polar surface area (TPSA) is 66.9 Å². The van der Waals surface area contributed by atoms with Gasteiger partial charge in [0.15, 0.2) is 5.78 Å². The molecule has 114 valence electrons. The molecule has 3 nitrogen and oxygen atoms in total. The van der Waals surface area contributed by atoms with Crippen LogP contribution in [0.4, 0.5) is 0 Å². The predicted octanol–water partition coefficient (Wildman–Crippen LogP) is 4.12. The van der Waals surface area contributed by atoms with E-state index >= 15 is 0 Å². The van der Waals surface area contributed by atoms with Gasteiger partial charge in [0.05, 0.1) is 21.9 Å². The molecule has 0 fully saturated rings. The number of nitrogens with two attached hydrogens (primary N) is 1. The molecule has 2 aromatic rings. The van der Waals surface area contributed by atoms with Crippen molar-refractivity contribution in [3.63, 3.8) is 0 Å². The Kier molecular flexibility index (Phi) is 4.42. The highest BCUT2D eigenvalue weighted by atomic mass is 35.5. The minimum Gasteiger partial charge on any atom is -0.393 e. The van der Waals surface area contributed by atoms with Gasteiger partial charge in [-0.1, -0.05) is 71.9 Å². The molecular formula is C18H13ClN2OS. The Morgan fingerprint density at radius 2 is 1.78 bits per heavy atom. The van der Waals surface area contributed by atoms with Gasteiger partial charge in [-0.3, -0.25) is 4.79 Å². The van der Waals surface area contributed by atoms with Gasteiger partial charge >= 0.3 is 0 Å². The lowest BCUT2D eigenvalue weighted by Crippen LogP contribution is -2.23. The number of rotatable bonds is 3. The molecule has 0 radical (unpaired) electrons. The maximum Gasteiger partial charge on any atom is 0.177 e. The van der Waals surface area contributed by atoms with Crippen LogP contribution >= 0.6 is 23.4 Å². The van der Waals surface area contributed by atoms with Gasteiger partial charge in [0.2, 0.25) is 0 Å². The van der Waals surface area contributed by atoms with E-state index in [-0.39, 0.29) is 5.78 Å². The molecule has 0 bridgehead atoms. The van der Waals surface area contributed by atoms with Crippen molar-refractivity contribution in [1.29, 1.82) is 5.26 Å². The first kappa shape index (κ1) is 15.7. The van der Waals surface area contributed by atoms with Crippen LogP contribution < -0.4 is 5.73 Å². The molecule has 2 unspecified atom stereocenters. The van der Waals surface area contributed by atoms with Gasteiger partial charge in [0.25, 0.3) is 0 Å². The average Bonchev–Trinajstić information content (AvgIpc) is 2.91. The molecule has 0 saturated carbocycles. The summed E-state index contributed by atoms with van der Waals surface area (Å²) < 4.78 is 0. The van der Waals surface area contributed by atoms with Crippen molar-refractivity contribution in [1.82, 2.24) is 0 Å². The van der Waals surface area contributed by atoms with Crippen molar-refractivity contribution in [3.8, 4) is 6.07 Å². The van der Waals surface area contributed by atoms with Crippen LogP contribution in [0.15, 0.2) is 65.2 Å². The third-order valence-electron chi connectivity index (χ3n) is 3.81. The largest absolute Gasteiger partial charge is 0.393 e. The number of benzene rings is 2. The van der Waals surface area contributed by atoms with Crippen LogP contribution in [0.3, 0.4) is 0 Å². The Morgan fingerprint density at radius 3 is 2.43 bits per heavy atom. The Hall–Kier alpha value is -2.22. The normalized spacial score (nSPS) is 20.3. The summed E-state index contributed by atoms with van der Waals surface area (Å²) in [5.74, 6) is -0.472. The predicted molar refractivity (Wildman–Crippen MR) is 93.2 cm³/mol. The quantitative estimate of drug-likeness (QED) is 0.853. The summed E-state index contributed by atoms with van der Waals surface area (Å²) in [5.41, 5.74) is 7.78. The second-order valence-corrected chi connectivity index (χ2v) is 6.75. The second kappa shape index (κ2) is 6.49. The molecule has 0 aromatic heterocycles. The maximum absolute atomic E-state index is 12.9. The molecule has 0 amide bonds. The maximum atomic E-state index is 12.9. The monoisotopic (exact) mass is 340 g/mol. The van der Waals surface area contributed by atoms with Crippen molar-refractivity contribution in [3.05, 3.63) is 81.3 Å². The molecule has 1 aliphatic rings. The van der Waals surface area contributed by atoms with Gasteiger partial charge < -0.3 is 5.73 Å². The number of allylic oxidation sites excluding steroid dienone is 1. The van der Waals surface area contributed by atoms with Crippen LogP contribution in [0.5, 0.6) is 0 Å². The third-order valence-corrected chi connectivity index (χ3v) is 5.37. The van der Waals surface area contributed by atoms with E-state index in [2.05, 4.69) is 6.07 Å². The summed E-state index contributed by atoms with van der Waals surface area (Å²) in [4.78, 5) is 12.9. The molecule has 0 aliphatic carbocycles. The van der Waals surface area contributed by atoms with E-state index in [0.29, 0.717) is 21.2 Å². The number of nitriles is 1. The lowest BCUT2D eigenvalue weighted by atomic mass is 9.86. The van der Waals surface area contributed by atoms with Gasteiger partial charge in [0.1, 0.15) is 0 Å². The van der Waals surface area contributed by atoms with Crippen LogP contribution in [0.25, 0.3) is 0 Å². The number of halogens is 1. The summed E-state index contributed by atoms with van der Waals surface area (Å²) in [5, 5.41) is 9.92. The standard InChI is InChI=1S/C18H13ClN2OS/c19-14-9-5-4-8-12(14)15-13(10-20)18(21)23-17(15)16(22)11-6-2-1-3-7-11/h1-9,15,17H,21H2. The second-order valence-electron chi connectivity index (χ2n) is 5.16. The van der Waals surface area contributed by atoms with Crippen molar-refractivity contribution in [2.24, 2.45) is 5.73 Å². The number of ketones is 1. The van der Waals surface area contributed by atoms with Gasteiger partial charge in [-0.05, 0) is 11.6 Å². The molecule has 1 aliphatic heterocycles. The highest BCUT2D eigenvalue weighted by Crippen LogP contribution is 2.48. The number of nitrogens with zero attached hydrogens (tertiary/aromatic N) is 1. The molecule has 23 heavy (non-hydrogen) atoms. The number of thioether (sulfide) groups is 1. The van der Waals surface area contributed by atoms with Gasteiger partial charge in [0, 0.05) is 16.5 Å². The smallest absolute Gasteiger partial charge is 0.177 e. The fraction of sp³-hybridized carbons (Fsp3) is 0.111. The van der Waals surface area contributed by atoms with Crippen LogP contribution in [-0.4, -0.2) is 11.0 Å².